The lowest BCUT2D eigenvalue weighted by atomic mass is 9.97. The van der Waals surface area contributed by atoms with Gasteiger partial charge in [-0.3, -0.25) is 0 Å². The Morgan fingerprint density at radius 2 is 1.86 bits per heavy atom. The molecule has 1 fully saturated rings. The number of phenols is 1. The third-order valence-electron chi connectivity index (χ3n) is 5.62. The van der Waals surface area contributed by atoms with Crippen LogP contribution in [-0.2, 0) is 16.0 Å². The molecule has 6 nitrogen and oxygen atoms in total. The summed E-state index contributed by atoms with van der Waals surface area (Å²) in [6, 6.07) is 7.59. The van der Waals surface area contributed by atoms with E-state index in [-0.39, 0.29) is 24.6 Å². The fourth-order valence-corrected chi connectivity index (χ4v) is 4.60. The summed E-state index contributed by atoms with van der Waals surface area (Å²) < 4.78 is 17.2. The van der Waals surface area contributed by atoms with E-state index in [0.717, 1.165) is 29.4 Å². The Labute approximate surface area is 170 Å². The van der Waals surface area contributed by atoms with Crippen LogP contribution in [-0.4, -0.2) is 43.0 Å². The van der Waals surface area contributed by atoms with Gasteiger partial charge in [0.25, 0.3) is 0 Å². The molecule has 4 rings (SSSR count). The van der Waals surface area contributed by atoms with Crippen LogP contribution in [0, 0.1) is 6.92 Å². The molecule has 2 heterocycles. The number of carbonyl (C=O) groups excluding carboxylic acids is 1. The van der Waals surface area contributed by atoms with E-state index in [1.807, 2.05) is 24.3 Å². The van der Waals surface area contributed by atoms with Crippen molar-refractivity contribution in [3.63, 3.8) is 0 Å². The fourth-order valence-electron chi connectivity index (χ4n) is 4.60. The van der Waals surface area contributed by atoms with Crippen LogP contribution in [0.5, 0.6) is 5.75 Å². The molecule has 0 saturated carbocycles. The van der Waals surface area contributed by atoms with Gasteiger partial charge in [-0.15, -0.1) is 0 Å². The van der Waals surface area contributed by atoms with Gasteiger partial charge in [-0.2, -0.15) is 0 Å². The molecule has 1 aliphatic heterocycles. The second-order valence-corrected chi connectivity index (χ2v) is 7.92. The zero-order valence-electron chi connectivity index (χ0n) is 17.4. The highest BCUT2D eigenvalue weighted by Crippen LogP contribution is 2.41. The predicted octanol–water partition coefficient (Wildman–Crippen LogP) is 2.97. The van der Waals surface area contributed by atoms with Crippen molar-refractivity contribution < 1.29 is 28.7 Å². The van der Waals surface area contributed by atoms with Crippen LogP contribution in [0.25, 0.3) is 21.7 Å². The Bertz CT molecular complexity index is 1060. The van der Waals surface area contributed by atoms with E-state index in [0.29, 0.717) is 28.8 Å². The number of ether oxygens (including phenoxy) is 2. The predicted molar refractivity (Wildman–Crippen MR) is 110 cm³/mol. The number of hydrogen-bond acceptors (Lipinski definition) is 5. The molecule has 2 atom stereocenters. The first-order valence-electron chi connectivity index (χ1n) is 10.2. The minimum absolute atomic E-state index is 0.141. The van der Waals surface area contributed by atoms with Gasteiger partial charge < -0.3 is 23.9 Å². The van der Waals surface area contributed by atoms with E-state index in [4.69, 9.17) is 13.9 Å². The first-order valence-corrected chi connectivity index (χ1v) is 10.2. The molecule has 1 saturated heterocycles. The minimum atomic E-state index is -0.418. The second kappa shape index (κ2) is 7.69. The van der Waals surface area contributed by atoms with Crippen molar-refractivity contribution in [2.24, 2.45) is 0 Å². The minimum Gasteiger partial charge on any atom is -0.507 e. The molecule has 0 amide bonds. The van der Waals surface area contributed by atoms with Crippen LogP contribution in [0.4, 0.5) is 0 Å². The first kappa shape index (κ1) is 19.7. The number of morpholine rings is 1. The standard InChI is InChI=1S/C23H27NO5/c1-5-27-23(26)19-15(4)29-22-17-9-7-6-8-16(17)21(25)18(20(19)22)12-24-10-13(2)28-14(3)11-24/h6-9,13-14,25H,5,10-12H2,1-4H3/p+1/t13-,14-/m0/s1. The third-order valence-corrected chi connectivity index (χ3v) is 5.62. The van der Waals surface area contributed by atoms with Gasteiger partial charge in [0.15, 0.2) is 0 Å². The van der Waals surface area contributed by atoms with Crippen molar-refractivity contribution in [3.8, 4) is 5.75 Å². The Hall–Kier alpha value is -2.57. The van der Waals surface area contributed by atoms with Crippen molar-refractivity contribution in [2.75, 3.05) is 19.7 Å². The lowest BCUT2D eigenvalue weighted by molar-refractivity contribution is -0.928. The fraction of sp³-hybridized carbons (Fsp3) is 0.435. The maximum Gasteiger partial charge on any atom is 0.342 e. The van der Waals surface area contributed by atoms with Crippen molar-refractivity contribution in [3.05, 3.63) is 41.2 Å². The zero-order valence-corrected chi connectivity index (χ0v) is 17.4. The molecule has 0 bridgehead atoms. The molecule has 2 aromatic carbocycles. The smallest absolute Gasteiger partial charge is 0.342 e. The van der Waals surface area contributed by atoms with Gasteiger partial charge in [-0.1, -0.05) is 24.3 Å². The van der Waals surface area contributed by atoms with Crippen LogP contribution < -0.4 is 4.90 Å². The van der Waals surface area contributed by atoms with Gasteiger partial charge in [-0.05, 0) is 27.7 Å². The highest BCUT2D eigenvalue weighted by Gasteiger charge is 2.31. The number of rotatable bonds is 4. The molecular weight excluding hydrogens is 370 g/mol. The Balaban J connectivity index is 1.95. The van der Waals surface area contributed by atoms with Crippen LogP contribution >= 0.6 is 0 Å². The molecule has 1 aliphatic rings. The van der Waals surface area contributed by atoms with Crippen molar-refractivity contribution in [2.45, 2.75) is 46.4 Å². The number of furan rings is 1. The highest BCUT2D eigenvalue weighted by molar-refractivity contribution is 6.16. The summed E-state index contributed by atoms with van der Waals surface area (Å²) in [6.07, 6.45) is 0.282. The number of aryl methyl sites for hydroxylation is 1. The summed E-state index contributed by atoms with van der Waals surface area (Å²) in [4.78, 5) is 14.0. The Morgan fingerprint density at radius 3 is 2.52 bits per heavy atom. The quantitative estimate of drug-likeness (QED) is 0.661. The number of benzene rings is 2. The monoisotopic (exact) mass is 398 g/mol. The van der Waals surface area contributed by atoms with Gasteiger partial charge in [0.05, 0.1) is 12.2 Å². The normalized spacial score (nSPS) is 22.3. The molecule has 0 aliphatic carbocycles. The van der Waals surface area contributed by atoms with Gasteiger partial charge in [0.1, 0.15) is 54.5 Å². The third kappa shape index (κ3) is 3.47. The number of esters is 1. The number of nitrogens with one attached hydrogen (secondary N) is 1. The highest BCUT2D eigenvalue weighted by atomic mass is 16.5. The molecule has 29 heavy (non-hydrogen) atoms. The summed E-state index contributed by atoms with van der Waals surface area (Å²) in [5.41, 5.74) is 1.77. The molecule has 1 aromatic heterocycles. The van der Waals surface area contributed by atoms with E-state index >= 15 is 0 Å². The van der Waals surface area contributed by atoms with Crippen molar-refractivity contribution >= 4 is 27.7 Å². The summed E-state index contributed by atoms with van der Waals surface area (Å²) in [5.74, 6) is 0.298. The zero-order chi connectivity index (χ0) is 20.7. The lowest BCUT2D eigenvalue weighted by Gasteiger charge is -2.32. The number of phenolic OH excluding ortho intramolecular Hbond substituents is 1. The molecule has 2 N–H and O–H groups in total. The number of hydrogen-bond donors (Lipinski definition) is 2. The molecule has 0 radical (unpaired) electrons. The number of fused-ring (bicyclic) bond motifs is 3. The average Bonchev–Trinajstić information content (AvgIpc) is 3.02. The van der Waals surface area contributed by atoms with Crippen LogP contribution in [0.15, 0.2) is 28.7 Å². The molecule has 6 heteroatoms. The molecule has 154 valence electrons. The largest absolute Gasteiger partial charge is 0.507 e. The average molecular weight is 398 g/mol. The van der Waals surface area contributed by atoms with E-state index in [9.17, 15) is 9.90 Å². The number of quaternary nitrogens is 1. The van der Waals surface area contributed by atoms with Gasteiger partial charge >= 0.3 is 5.97 Å². The van der Waals surface area contributed by atoms with E-state index < -0.39 is 5.97 Å². The Morgan fingerprint density at radius 1 is 1.21 bits per heavy atom. The van der Waals surface area contributed by atoms with Crippen molar-refractivity contribution in [1.29, 1.82) is 0 Å². The summed E-state index contributed by atoms with van der Waals surface area (Å²) >= 11 is 0. The lowest BCUT2D eigenvalue weighted by Crippen LogP contribution is -3.14. The van der Waals surface area contributed by atoms with Gasteiger partial charge in [0.2, 0.25) is 0 Å². The second-order valence-electron chi connectivity index (χ2n) is 7.92. The Kier molecular flexibility index (Phi) is 5.23. The van der Waals surface area contributed by atoms with E-state index in [2.05, 4.69) is 13.8 Å². The summed E-state index contributed by atoms with van der Waals surface area (Å²) in [6.45, 7) is 10.2. The molecule has 0 unspecified atom stereocenters. The first-order chi connectivity index (χ1) is 13.9. The van der Waals surface area contributed by atoms with E-state index in [1.165, 1.54) is 4.90 Å². The number of carbonyl (C=O) groups is 1. The van der Waals surface area contributed by atoms with Gasteiger partial charge in [-0.25, -0.2) is 4.79 Å². The summed E-state index contributed by atoms with van der Waals surface area (Å²) in [5, 5.41) is 13.4. The summed E-state index contributed by atoms with van der Waals surface area (Å²) in [7, 11) is 0. The van der Waals surface area contributed by atoms with Crippen LogP contribution in [0.2, 0.25) is 0 Å². The SMILES string of the molecule is CCOC(=O)c1c(C)oc2c1c(C[NH+]1C[C@H](C)O[C@@H](C)C1)c(O)c1ccccc12. The van der Waals surface area contributed by atoms with Crippen molar-refractivity contribution in [1.82, 2.24) is 0 Å². The number of aromatic hydroxyl groups is 1. The topological polar surface area (TPSA) is 73.3 Å². The van der Waals surface area contributed by atoms with Gasteiger partial charge in [0, 0.05) is 16.2 Å². The van der Waals surface area contributed by atoms with E-state index in [1.54, 1.807) is 13.8 Å². The maximum atomic E-state index is 12.7. The maximum absolute atomic E-state index is 12.7. The molecule has 0 spiro atoms. The molecule has 3 aromatic rings. The molecular formula is C23H28NO5+. The van der Waals surface area contributed by atoms with Crippen LogP contribution in [0.3, 0.4) is 0 Å². The van der Waals surface area contributed by atoms with Crippen LogP contribution in [0.1, 0.15) is 42.5 Å².